The summed E-state index contributed by atoms with van der Waals surface area (Å²) in [5.74, 6) is 3.54. The Hall–Kier alpha value is -2.24. The zero-order valence-corrected chi connectivity index (χ0v) is 29.2. The lowest BCUT2D eigenvalue weighted by Crippen LogP contribution is -2.45. The number of rotatable bonds is 14. The molecule has 2 heterocycles. The molecule has 6 heteroatoms. The van der Waals surface area contributed by atoms with Crippen molar-refractivity contribution < 1.29 is 28.5 Å². The minimum atomic E-state index is -1.03. The molecule has 2 aliphatic rings. The van der Waals surface area contributed by atoms with Gasteiger partial charge >= 0.3 is 12.1 Å². The second kappa shape index (κ2) is 17.9. The number of esters is 1. The second-order valence-electron chi connectivity index (χ2n) is 14.2. The van der Waals surface area contributed by atoms with E-state index in [-0.39, 0.29) is 19.3 Å². The topological polar surface area (TPSA) is 71.1 Å². The van der Waals surface area contributed by atoms with Gasteiger partial charge in [0.05, 0.1) is 6.10 Å². The van der Waals surface area contributed by atoms with Gasteiger partial charge in [-0.15, -0.1) is 0 Å². The molecule has 1 saturated heterocycles. The average molecular weight is 603 g/mol. The summed E-state index contributed by atoms with van der Waals surface area (Å²) in [5.41, 5.74) is 3.00. The summed E-state index contributed by atoms with van der Waals surface area (Å²) >= 11 is 0. The first-order valence-electron chi connectivity index (χ1n) is 17.1. The predicted molar refractivity (Wildman–Crippen MR) is 175 cm³/mol. The molecule has 0 N–H and O–H groups in total. The van der Waals surface area contributed by atoms with Gasteiger partial charge in [-0.05, 0) is 87.8 Å². The van der Waals surface area contributed by atoms with Gasteiger partial charge in [0, 0.05) is 5.56 Å². The van der Waals surface area contributed by atoms with E-state index in [9.17, 15) is 9.59 Å². The first-order chi connectivity index (χ1) is 20.3. The van der Waals surface area contributed by atoms with Gasteiger partial charge in [0.2, 0.25) is 0 Å². The van der Waals surface area contributed by atoms with Gasteiger partial charge in [-0.25, -0.2) is 4.79 Å². The maximum absolute atomic E-state index is 13.0. The number of ether oxygens (including phenoxy) is 4. The zero-order chi connectivity index (χ0) is 32.2. The maximum Gasteiger partial charge on any atom is 0.508 e. The lowest BCUT2D eigenvalue weighted by molar-refractivity contribution is -0.156. The zero-order valence-electron chi connectivity index (χ0n) is 29.2. The van der Waals surface area contributed by atoms with Crippen LogP contribution < -0.4 is 9.47 Å². The number of cyclic esters (lactones) is 2. The van der Waals surface area contributed by atoms with E-state index in [0.717, 1.165) is 65.0 Å². The summed E-state index contributed by atoms with van der Waals surface area (Å²) in [6.07, 6.45) is 14.3. The number of hydrogen-bond acceptors (Lipinski definition) is 6. The minimum Gasteiger partial charge on any atom is -0.490 e. The molecule has 1 aromatic carbocycles. The highest BCUT2D eigenvalue weighted by atomic mass is 16.7. The van der Waals surface area contributed by atoms with Crippen LogP contribution in [0, 0.1) is 43.9 Å². The third kappa shape index (κ3) is 11.3. The van der Waals surface area contributed by atoms with Crippen molar-refractivity contribution in [3.63, 3.8) is 0 Å². The van der Waals surface area contributed by atoms with Gasteiger partial charge in [0.1, 0.15) is 30.1 Å². The van der Waals surface area contributed by atoms with Crippen molar-refractivity contribution >= 4 is 12.1 Å². The molecule has 0 bridgehead atoms. The van der Waals surface area contributed by atoms with Crippen molar-refractivity contribution in [2.45, 2.75) is 152 Å². The van der Waals surface area contributed by atoms with Crippen LogP contribution in [0.5, 0.6) is 11.5 Å². The Morgan fingerprint density at radius 3 is 1.95 bits per heavy atom. The molecule has 0 radical (unpaired) electrons. The summed E-state index contributed by atoms with van der Waals surface area (Å²) < 4.78 is 22.4. The van der Waals surface area contributed by atoms with Crippen LogP contribution in [0.2, 0.25) is 0 Å². The number of benzene rings is 1. The van der Waals surface area contributed by atoms with Crippen molar-refractivity contribution in [1.82, 2.24) is 0 Å². The molecule has 0 spiro atoms. The SMILES string of the molecule is CCC.Cc1c(C)c2c(c(C)c1OC(=O)C1(C)COC(=O)OC1)CCC(CCC[C@H](C)CCC[C@H](C)CCCC(C)C)O2. The highest BCUT2D eigenvalue weighted by Crippen LogP contribution is 2.43. The lowest BCUT2D eigenvalue weighted by Gasteiger charge is -2.32. The molecule has 0 amide bonds. The molecule has 0 aromatic heterocycles. The molecule has 1 aromatic rings. The van der Waals surface area contributed by atoms with Crippen LogP contribution in [-0.2, 0) is 20.7 Å². The van der Waals surface area contributed by atoms with Crippen molar-refractivity contribution in [2.24, 2.45) is 23.2 Å². The van der Waals surface area contributed by atoms with Gasteiger partial charge in [0.25, 0.3) is 0 Å². The van der Waals surface area contributed by atoms with Gasteiger partial charge in [-0.1, -0.05) is 92.9 Å². The maximum atomic E-state index is 13.0. The number of fused-ring (bicyclic) bond motifs is 1. The van der Waals surface area contributed by atoms with E-state index in [1.165, 1.54) is 57.8 Å². The summed E-state index contributed by atoms with van der Waals surface area (Å²) in [7, 11) is 0. The molecule has 2 aliphatic heterocycles. The molecular formula is C37H62O6. The van der Waals surface area contributed by atoms with Crippen LogP contribution in [0.25, 0.3) is 0 Å². The first-order valence-corrected chi connectivity index (χ1v) is 17.1. The Balaban J connectivity index is 0.00000206. The van der Waals surface area contributed by atoms with Gasteiger partial charge in [0.15, 0.2) is 0 Å². The van der Waals surface area contributed by atoms with Crippen molar-refractivity contribution in [3.8, 4) is 11.5 Å². The largest absolute Gasteiger partial charge is 0.508 e. The second-order valence-corrected chi connectivity index (χ2v) is 14.2. The minimum absolute atomic E-state index is 0.0480. The summed E-state index contributed by atoms with van der Waals surface area (Å²) in [5, 5.41) is 0. The van der Waals surface area contributed by atoms with Gasteiger partial charge in [-0.3, -0.25) is 4.79 Å². The molecule has 246 valence electrons. The number of hydrogen-bond donors (Lipinski definition) is 0. The monoisotopic (exact) mass is 602 g/mol. The quantitative estimate of drug-likeness (QED) is 0.156. The fourth-order valence-corrected chi connectivity index (χ4v) is 6.03. The third-order valence-corrected chi connectivity index (χ3v) is 9.11. The Kier molecular flexibility index (Phi) is 15.4. The van der Waals surface area contributed by atoms with E-state index >= 15 is 0 Å². The molecule has 3 atom stereocenters. The van der Waals surface area contributed by atoms with Crippen LogP contribution in [0.3, 0.4) is 0 Å². The fourth-order valence-electron chi connectivity index (χ4n) is 6.03. The average Bonchev–Trinajstić information content (AvgIpc) is 2.96. The lowest BCUT2D eigenvalue weighted by atomic mass is 9.89. The van der Waals surface area contributed by atoms with E-state index < -0.39 is 17.5 Å². The molecule has 3 rings (SSSR count). The number of carbonyl (C=O) groups excluding carboxylic acids is 2. The van der Waals surface area contributed by atoms with E-state index in [1.807, 2.05) is 20.8 Å². The molecular weight excluding hydrogens is 540 g/mol. The van der Waals surface area contributed by atoms with E-state index in [1.54, 1.807) is 6.92 Å². The van der Waals surface area contributed by atoms with Gasteiger partial charge in [-0.2, -0.15) is 0 Å². The Morgan fingerprint density at radius 2 is 1.40 bits per heavy atom. The van der Waals surface area contributed by atoms with Crippen LogP contribution in [0.4, 0.5) is 4.79 Å². The molecule has 1 unspecified atom stereocenters. The van der Waals surface area contributed by atoms with E-state index in [2.05, 4.69) is 41.5 Å². The third-order valence-electron chi connectivity index (χ3n) is 9.11. The molecule has 43 heavy (non-hydrogen) atoms. The summed E-state index contributed by atoms with van der Waals surface area (Å²) in [4.78, 5) is 24.3. The van der Waals surface area contributed by atoms with Crippen molar-refractivity contribution in [1.29, 1.82) is 0 Å². The first kappa shape index (κ1) is 36.9. The Morgan fingerprint density at radius 1 is 0.860 bits per heavy atom. The van der Waals surface area contributed by atoms with Crippen LogP contribution >= 0.6 is 0 Å². The van der Waals surface area contributed by atoms with Crippen LogP contribution in [0.1, 0.15) is 141 Å². The fraction of sp³-hybridized carbons (Fsp3) is 0.784. The van der Waals surface area contributed by atoms with E-state index in [0.29, 0.717) is 5.75 Å². The normalized spacial score (nSPS) is 18.8. The van der Waals surface area contributed by atoms with Crippen LogP contribution in [0.15, 0.2) is 0 Å². The standard InChI is InChI=1S/C34H54O6.C3H8/c1-22(2)12-9-13-23(3)14-10-15-24(4)16-11-17-28-18-19-29-27(7)30(25(5)26(6)31(29)39-28)40-32(35)34(8)20-37-33(36)38-21-34;1-3-2/h22-24,28H,9-21H2,1-8H3;3H2,1-2H3/t23-,24-,28?;/m1./s1. The molecule has 0 saturated carbocycles. The Bertz CT molecular complexity index is 1020. The smallest absolute Gasteiger partial charge is 0.490 e. The van der Waals surface area contributed by atoms with Crippen molar-refractivity contribution in [2.75, 3.05) is 13.2 Å². The Labute approximate surface area is 263 Å². The summed E-state index contributed by atoms with van der Waals surface area (Å²) in [6.45, 7) is 21.3. The highest BCUT2D eigenvalue weighted by Gasteiger charge is 2.43. The van der Waals surface area contributed by atoms with E-state index in [4.69, 9.17) is 18.9 Å². The molecule has 0 aliphatic carbocycles. The summed E-state index contributed by atoms with van der Waals surface area (Å²) in [6, 6.07) is 0. The van der Waals surface area contributed by atoms with Crippen molar-refractivity contribution in [3.05, 3.63) is 22.3 Å². The number of carbonyl (C=O) groups is 2. The molecule has 1 fully saturated rings. The van der Waals surface area contributed by atoms with Gasteiger partial charge < -0.3 is 18.9 Å². The molecule has 6 nitrogen and oxygen atoms in total. The predicted octanol–water partition coefficient (Wildman–Crippen LogP) is 10.2. The van der Waals surface area contributed by atoms with Crippen LogP contribution in [-0.4, -0.2) is 31.4 Å². The highest BCUT2D eigenvalue weighted by molar-refractivity contribution is 5.81.